The SMILES string of the molecule is Cc1cc(OC(F)F)ccc1NC(=S)NCc1ccco1. The van der Waals surface area contributed by atoms with Crippen LogP contribution in [0.3, 0.4) is 0 Å². The van der Waals surface area contributed by atoms with E-state index < -0.39 is 6.61 Å². The molecule has 4 nitrogen and oxygen atoms in total. The number of benzene rings is 1. The second kappa shape index (κ2) is 7.03. The summed E-state index contributed by atoms with van der Waals surface area (Å²) in [6.45, 7) is -0.598. The van der Waals surface area contributed by atoms with Crippen molar-refractivity contribution >= 4 is 23.0 Å². The van der Waals surface area contributed by atoms with Crippen molar-refractivity contribution in [3.8, 4) is 5.75 Å². The molecule has 0 amide bonds. The smallest absolute Gasteiger partial charge is 0.387 e. The number of ether oxygens (including phenoxy) is 1. The summed E-state index contributed by atoms with van der Waals surface area (Å²) in [6, 6.07) is 8.23. The fourth-order valence-electron chi connectivity index (χ4n) is 1.70. The van der Waals surface area contributed by atoms with Crippen LogP contribution in [-0.4, -0.2) is 11.7 Å². The second-order valence-electron chi connectivity index (χ2n) is 4.24. The van der Waals surface area contributed by atoms with E-state index in [1.54, 1.807) is 25.3 Å². The fraction of sp³-hybridized carbons (Fsp3) is 0.214. The molecular formula is C14H14F2N2O2S. The topological polar surface area (TPSA) is 46.4 Å². The van der Waals surface area contributed by atoms with Crippen LogP contribution in [0.15, 0.2) is 41.0 Å². The van der Waals surface area contributed by atoms with Crippen molar-refractivity contribution in [1.82, 2.24) is 5.32 Å². The fourth-order valence-corrected chi connectivity index (χ4v) is 1.88. The molecule has 0 fully saturated rings. The molecule has 112 valence electrons. The molecule has 7 heteroatoms. The van der Waals surface area contributed by atoms with Crippen LogP contribution in [0, 0.1) is 6.92 Å². The normalized spacial score (nSPS) is 10.5. The Bertz CT molecular complexity index is 603. The summed E-state index contributed by atoms with van der Waals surface area (Å²) >= 11 is 5.16. The summed E-state index contributed by atoms with van der Waals surface area (Å²) in [4.78, 5) is 0. The van der Waals surface area contributed by atoms with E-state index in [4.69, 9.17) is 16.6 Å². The van der Waals surface area contributed by atoms with E-state index in [2.05, 4.69) is 15.4 Å². The van der Waals surface area contributed by atoms with E-state index in [-0.39, 0.29) is 5.75 Å². The Morgan fingerprint density at radius 3 is 2.81 bits per heavy atom. The van der Waals surface area contributed by atoms with Gasteiger partial charge >= 0.3 is 6.61 Å². The number of aryl methyl sites for hydroxylation is 1. The Morgan fingerprint density at radius 1 is 1.38 bits per heavy atom. The summed E-state index contributed by atoms with van der Waals surface area (Å²) in [5, 5.41) is 6.39. The highest BCUT2D eigenvalue weighted by atomic mass is 32.1. The standard InChI is InChI=1S/C14H14F2N2O2S/c1-9-7-10(20-13(15)16)4-5-12(9)18-14(21)17-8-11-3-2-6-19-11/h2-7,13H,8H2,1H3,(H2,17,18,21). The Hall–Kier alpha value is -2.15. The highest BCUT2D eigenvalue weighted by Gasteiger charge is 2.07. The van der Waals surface area contributed by atoms with Crippen LogP contribution in [0.2, 0.25) is 0 Å². The number of thiocarbonyl (C=S) groups is 1. The van der Waals surface area contributed by atoms with Gasteiger partial charge in [0, 0.05) is 5.69 Å². The monoisotopic (exact) mass is 312 g/mol. The highest BCUT2D eigenvalue weighted by Crippen LogP contribution is 2.22. The van der Waals surface area contributed by atoms with Gasteiger partial charge in [0.2, 0.25) is 0 Å². The van der Waals surface area contributed by atoms with Gasteiger partial charge in [0.25, 0.3) is 0 Å². The number of alkyl halides is 2. The number of rotatable bonds is 5. The molecule has 1 heterocycles. The van der Waals surface area contributed by atoms with E-state index in [0.717, 1.165) is 11.3 Å². The van der Waals surface area contributed by atoms with Crippen LogP contribution < -0.4 is 15.4 Å². The van der Waals surface area contributed by atoms with E-state index in [0.29, 0.717) is 17.3 Å². The number of halogens is 2. The third-order valence-corrected chi connectivity index (χ3v) is 2.92. The molecule has 0 aliphatic carbocycles. The van der Waals surface area contributed by atoms with Gasteiger partial charge in [-0.2, -0.15) is 8.78 Å². The van der Waals surface area contributed by atoms with Gasteiger partial charge in [0.15, 0.2) is 5.11 Å². The van der Waals surface area contributed by atoms with Crippen LogP contribution in [0.4, 0.5) is 14.5 Å². The van der Waals surface area contributed by atoms with Gasteiger partial charge in [-0.05, 0) is 55.0 Å². The molecular weight excluding hydrogens is 298 g/mol. The minimum absolute atomic E-state index is 0.113. The number of furan rings is 1. The molecule has 0 saturated carbocycles. The van der Waals surface area contributed by atoms with E-state index in [9.17, 15) is 8.78 Å². The Balaban J connectivity index is 1.91. The van der Waals surface area contributed by atoms with Crippen molar-refractivity contribution in [3.05, 3.63) is 47.9 Å². The zero-order valence-corrected chi connectivity index (χ0v) is 12.0. The molecule has 0 atom stereocenters. The lowest BCUT2D eigenvalue weighted by Crippen LogP contribution is -2.28. The molecule has 2 N–H and O–H groups in total. The molecule has 1 aromatic carbocycles. The molecule has 0 unspecified atom stereocenters. The van der Waals surface area contributed by atoms with Crippen LogP contribution in [0.1, 0.15) is 11.3 Å². The Labute approximate surface area is 126 Å². The largest absolute Gasteiger partial charge is 0.467 e. The molecule has 0 aliphatic rings. The Kier molecular flexibility index (Phi) is 5.10. The third-order valence-electron chi connectivity index (χ3n) is 2.67. The average Bonchev–Trinajstić information content (AvgIpc) is 2.92. The van der Waals surface area contributed by atoms with Crippen molar-refractivity contribution in [2.24, 2.45) is 0 Å². The second-order valence-corrected chi connectivity index (χ2v) is 4.65. The van der Waals surface area contributed by atoms with Crippen molar-refractivity contribution < 1.29 is 17.9 Å². The zero-order chi connectivity index (χ0) is 15.2. The summed E-state index contributed by atoms with van der Waals surface area (Å²) in [7, 11) is 0. The van der Waals surface area contributed by atoms with Gasteiger partial charge in [-0.3, -0.25) is 0 Å². The number of hydrogen-bond acceptors (Lipinski definition) is 3. The first-order valence-electron chi connectivity index (χ1n) is 6.17. The first-order valence-corrected chi connectivity index (χ1v) is 6.58. The molecule has 0 spiro atoms. The van der Waals surface area contributed by atoms with E-state index >= 15 is 0 Å². The lowest BCUT2D eigenvalue weighted by atomic mass is 10.2. The summed E-state index contributed by atoms with van der Waals surface area (Å²) in [5.74, 6) is 0.874. The quantitative estimate of drug-likeness (QED) is 0.825. The molecule has 0 saturated heterocycles. The minimum Gasteiger partial charge on any atom is -0.467 e. The summed E-state index contributed by atoms with van der Waals surface area (Å²) in [5.41, 5.74) is 1.46. The highest BCUT2D eigenvalue weighted by molar-refractivity contribution is 7.80. The van der Waals surface area contributed by atoms with Gasteiger partial charge < -0.3 is 19.8 Å². The number of nitrogens with one attached hydrogen (secondary N) is 2. The maximum absolute atomic E-state index is 12.1. The van der Waals surface area contributed by atoms with Gasteiger partial charge in [0.05, 0.1) is 12.8 Å². The summed E-state index contributed by atoms with van der Waals surface area (Å²) < 4.78 is 33.7. The van der Waals surface area contributed by atoms with Crippen LogP contribution in [0.5, 0.6) is 5.75 Å². The lowest BCUT2D eigenvalue weighted by Gasteiger charge is -2.13. The molecule has 2 aromatic rings. The molecule has 2 rings (SSSR count). The Morgan fingerprint density at radius 2 is 2.19 bits per heavy atom. The molecule has 0 bridgehead atoms. The van der Waals surface area contributed by atoms with Crippen LogP contribution in [-0.2, 0) is 6.54 Å². The van der Waals surface area contributed by atoms with E-state index in [1.807, 2.05) is 6.07 Å². The maximum atomic E-state index is 12.1. The predicted molar refractivity (Wildman–Crippen MR) is 79.6 cm³/mol. The molecule has 1 aromatic heterocycles. The van der Waals surface area contributed by atoms with Crippen LogP contribution in [0.25, 0.3) is 0 Å². The van der Waals surface area contributed by atoms with Crippen molar-refractivity contribution in [1.29, 1.82) is 0 Å². The lowest BCUT2D eigenvalue weighted by molar-refractivity contribution is -0.0498. The van der Waals surface area contributed by atoms with Crippen molar-refractivity contribution in [2.45, 2.75) is 20.1 Å². The van der Waals surface area contributed by atoms with Crippen LogP contribution >= 0.6 is 12.2 Å². The van der Waals surface area contributed by atoms with Gasteiger partial charge in [-0.1, -0.05) is 0 Å². The van der Waals surface area contributed by atoms with Crippen molar-refractivity contribution in [3.63, 3.8) is 0 Å². The molecule has 0 aliphatic heterocycles. The van der Waals surface area contributed by atoms with Gasteiger partial charge in [-0.15, -0.1) is 0 Å². The predicted octanol–water partition coefficient (Wildman–Crippen LogP) is 3.68. The first kappa shape index (κ1) is 15.2. The zero-order valence-electron chi connectivity index (χ0n) is 11.2. The average molecular weight is 312 g/mol. The van der Waals surface area contributed by atoms with Crippen molar-refractivity contribution in [2.75, 3.05) is 5.32 Å². The number of hydrogen-bond donors (Lipinski definition) is 2. The number of anilines is 1. The minimum atomic E-state index is -2.83. The molecule has 0 radical (unpaired) electrons. The van der Waals surface area contributed by atoms with Gasteiger partial charge in [-0.25, -0.2) is 0 Å². The third kappa shape index (κ3) is 4.71. The first-order chi connectivity index (χ1) is 10.0. The van der Waals surface area contributed by atoms with E-state index in [1.165, 1.54) is 12.1 Å². The maximum Gasteiger partial charge on any atom is 0.387 e. The molecule has 21 heavy (non-hydrogen) atoms. The summed E-state index contributed by atoms with van der Waals surface area (Å²) in [6.07, 6.45) is 1.58. The van der Waals surface area contributed by atoms with Gasteiger partial charge in [0.1, 0.15) is 11.5 Å².